The van der Waals surface area contributed by atoms with E-state index in [0.29, 0.717) is 6.61 Å². The van der Waals surface area contributed by atoms with Crippen molar-refractivity contribution >= 4 is 5.71 Å². The first-order valence-electron chi connectivity index (χ1n) is 8.68. The average Bonchev–Trinajstić information content (AvgIpc) is 2.57. The largest absolute Gasteiger partial charge is 0.379 e. The van der Waals surface area contributed by atoms with Crippen molar-refractivity contribution in [2.24, 2.45) is 5.16 Å². The Morgan fingerprint density at radius 1 is 1.00 bits per heavy atom. The Hall–Kier alpha value is -1.09. The van der Waals surface area contributed by atoms with Crippen molar-refractivity contribution in [3.05, 3.63) is 24.0 Å². The molecule has 0 saturated carbocycles. The van der Waals surface area contributed by atoms with Crippen LogP contribution in [0.25, 0.3) is 0 Å². The van der Waals surface area contributed by atoms with Gasteiger partial charge in [0.2, 0.25) is 0 Å². The predicted molar refractivity (Wildman–Crippen MR) is 103 cm³/mol. The molecule has 0 aliphatic carbocycles. The number of hydrogen-bond donors (Lipinski definition) is 0. The van der Waals surface area contributed by atoms with Gasteiger partial charge in [-0.05, 0) is 32.4 Å². The summed E-state index contributed by atoms with van der Waals surface area (Å²) in [7, 11) is 1.63. The smallest absolute Gasteiger partial charge is 0.153 e. The first-order chi connectivity index (χ1) is 10.7. The number of unbranched alkanes of at least 4 members (excludes halogenated alkanes) is 1. The molecule has 0 bridgehead atoms. The van der Waals surface area contributed by atoms with E-state index in [1.807, 2.05) is 59.8 Å². The molecule has 0 aromatic carbocycles. The second kappa shape index (κ2) is 32.0. The summed E-state index contributed by atoms with van der Waals surface area (Å²) in [5, 5.41) is 3.92. The Labute approximate surface area is 140 Å². The van der Waals surface area contributed by atoms with E-state index < -0.39 is 0 Å². The van der Waals surface area contributed by atoms with E-state index in [0.717, 1.165) is 17.9 Å². The van der Waals surface area contributed by atoms with Crippen LogP contribution in [0, 0.1) is 0 Å². The Morgan fingerprint density at radius 3 is 1.82 bits per heavy atom. The average molecular weight is 316 g/mol. The molecule has 0 rings (SSSR count). The minimum absolute atomic E-state index is 0.495. The third-order valence-electron chi connectivity index (χ3n) is 1.90. The Morgan fingerprint density at radius 2 is 1.50 bits per heavy atom. The quantitative estimate of drug-likeness (QED) is 0.225. The minimum atomic E-state index is 0.495. The molecule has 0 radical (unpaired) electrons. The van der Waals surface area contributed by atoms with Gasteiger partial charge in [-0.2, -0.15) is 0 Å². The maximum absolute atomic E-state index is 5.22. The van der Waals surface area contributed by atoms with Gasteiger partial charge in [0.15, 0.2) is 5.76 Å². The second-order valence-electron chi connectivity index (χ2n) is 3.87. The van der Waals surface area contributed by atoms with E-state index in [1.54, 1.807) is 7.11 Å². The predicted octanol–water partition coefficient (Wildman–Crippen LogP) is 6.75. The van der Waals surface area contributed by atoms with Crippen molar-refractivity contribution in [3.63, 3.8) is 0 Å². The van der Waals surface area contributed by atoms with Crippen LogP contribution < -0.4 is 0 Å². The summed E-state index contributed by atoms with van der Waals surface area (Å²) in [6.45, 7) is 18.7. The molecule has 22 heavy (non-hydrogen) atoms. The van der Waals surface area contributed by atoms with Crippen LogP contribution in [0.1, 0.15) is 81.6 Å². The Bertz CT molecular complexity index is 254. The number of oxime groups is 1. The summed E-state index contributed by atoms with van der Waals surface area (Å²) >= 11 is 0. The van der Waals surface area contributed by atoms with Crippen LogP contribution in [0.4, 0.5) is 0 Å². The van der Waals surface area contributed by atoms with Crippen LogP contribution in [0.2, 0.25) is 0 Å². The van der Waals surface area contributed by atoms with E-state index in [-0.39, 0.29) is 0 Å². The van der Waals surface area contributed by atoms with Gasteiger partial charge in [0, 0.05) is 7.11 Å². The van der Waals surface area contributed by atoms with Crippen molar-refractivity contribution in [2.45, 2.75) is 81.6 Å². The summed E-state index contributed by atoms with van der Waals surface area (Å²) in [6.07, 6.45) is 9.35. The molecular weight excluding hydrogens is 274 g/mol. The topological polar surface area (TPSA) is 30.8 Å². The fourth-order valence-corrected chi connectivity index (χ4v) is 0.867. The molecule has 0 unspecified atom stereocenters. The SMILES string of the molecule is C/C=C\C(=C/CC)O/N=C(\C)COC.CC.CC.CCCC. The molecule has 0 fully saturated rings. The number of ether oxygens (including phenoxy) is 1. The van der Waals surface area contributed by atoms with E-state index in [2.05, 4.69) is 25.9 Å². The highest BCUT2D eigenvalue weighted by atomic mass is 16.6. The number of allylic oxidation sites excluding steroid dienone is 3. The van der Waals surface area contributed by atoms with Crippen LogP contribution in [-0.2, 0) is 9.57 Å². The molecule has 0 saturated heterocycles. The molecule has 0 aliphatic heterocycles. The molecule has 3 nitrogen and oxygen atoms in total. The third kappa shape index (κ3) is 31.3. The molecule has 0 amide bonds. The molecule has 0 aromatic rings. The lowest BCUT2D eigenvalue weighted by Gasteiger charge is -2.01. The van der Waals surface area contributed by atoms with E-state index >= 15 is 0 Å². The van der Waals surface area contributed by atoms with E-state index in [1.165, 1.54) is 12.8 Å². The third-order valence-corrected chi connectivity index (χ3v) is 1.90. The van der Waals surface area contributed by atoms with Gasteiger partial charge >= 0.3 is 0 Å². The van der Waals surface area contributed by atoms with Crippen molar-refractivity contribution < 1.29 is 9.57 Å². The fraction of sp³-hybridized carbons (Fsp3) is 0.737. The Balaban J connectivity index is -0.000000170. The van der Waals surface area contributed by atoms with Crippen LogP contribution in [-0.4, -0.2) is 19.4 Å². The van der Waals surface area contributed by atoms with E-state index in [9.17, 15) is 0 Å². The maximum atomic E-state index is 5.22. The molecule has 0 aliphatic rings. The Kier molecular flexibility index (Phi) is 42.2. The van der Waals surface area contributed by atoms with Crippen LogP contribution >= 0.6 is 0 Å². The van der Waals surface area contributed by atoms with Crippen molar-refractivity contribution in [1.82, 2.24) is 0 Å². The zero-order valence-electron chi connectivity index (χ0n) is 16.8. The first kappa shape index (κ1) is 29.0. The molecule has 0 N–H and O–H groups in total. The number of hydrogen-bond acceptors (Lipinski definition) is 3. The molecule has 0 heterocycles. The standard InChI is InChI=1S/C11H19NO2.C4H10.2C2H6/c1-5-7-11(8-6-2)14-12-10(3)9-13-4;1-3-4-2;2*1-2/h5,7-8H,6,9H2,1-4H3;3-4H2,1-2H3;2*1-2H3/b7-5-,11-8+,12-10+;;;. The second-order valence-corrected chi connectivity index (χ2v) is 3.87. The fourth-order valence-electron chi connectivity index (χ4n) is 0.867. The van der Waals surface area contributed by atoms with Crippen LogP contribution in [0.3, 0.4) is 0 Å². The lowest BCUT2D eigenvalue weighted by molar-refractivity contribution is 0.218. The molecular formula is C19H41NO2. The molecule has 0 spiro atoms. The highest BCUT2D eigenvalue weighted by Crippen LogP contribution is 2.02. The highest BCUT2D eigenvalue weighted by molar-refractivity contribution is 5.82. The molecule has 0 aromatic heterocycles. The lowest BCUT2D eigenvalue weighted by Crippen LogP contribution is -2.02. The highest BCUT2D eigenvalue weighted by Gasteiger charge is 1.93. The van der Waals surface area contributed by atoms with Gasteiger partial charge in [-0.3, -0.25) is 0 Å². The molecule has 0 atom stereocenters. The number of methoxy groups -OCH3 is 1. The summed E-state index contributed by atoms with van der Waals surface area (Å²) in [5.41, 5.74) is 0.819. The maximum Gasteiger partial charge on any atom is 0.153 e. The van der Waals surface area contributed by atoms with Gasteiger partial charge in [-0.15, -0.1) is 0 Å². The van der Waals surface area contributed by atoms with Crippen LogP contribution in [0.15, 0.2) is 29.1 Å². The summed E-state index contributed by atoms with van der Waals surface area (Å²) in [5.74, 6) is 0.769. The number of rotatable bonds is 7. The molecule has 3 heteroatoms. The zero-order chi connectivity index (χ0) is 18.2. The minimum Gasteiger partial charge on any atom is -0.379 e. The lowest BCUT2D eigenvalue weighted by atomic mass is 10.3. The summed E-state index contributed by atoms with van der Waals surface area (Å²) in [4.78, 5) is 5.22. The number of nitrogens with zero attached hydrogens (tertiary/aromatic N) is 1. The normalized spacial score (nSPS) is 10.6. The van der Waals surface area contributed by atoms with Crippen LogP contribution in [0.5, 0.6) is 0 Å². The van der Waals surface area contributed by atoms with E-state index in [4.69, 9.17) is 9.57 Å². The van der Waals surface area contributed by atoms with Gasteiger partial charge < -0.3 is 9.57 Å². The van der Waals surface area contributed by atoms with Gasteiger partial charge in [0.25, 0.3) is 0 Å². The monoisotopic (exact) mass is 315 g/mol. The van der Waals surface area contributed by atoms with Crippen molar-refractivity contribution in [2.75, 3.05) is 13.7 Å². The first-order valence-corrected chi connectivity index (χ1v) is 8.68. The molecule has 134 valence electrons. The van der Waals surface area contributed by atoms with Gasteiger partial charge in [-0.1, -0.05) is 72.5 Å². The van der Waals surface area contributed by atoms with Crippen molar-refractivity contribution in [1.29, 1.82) is 0 Å². The van der Waals surface area contributed by atoms with Gasteiger partial charge in [0.05, 0.1) is 12.3 Å². The zero-order valence-corrected chi connectivity index (χ0v) is 16.8. The van der Waals surface area contributed by atoms with Crippen molar-refractivity contribution in [3.8, 4) is 0 Å². The summed E-state index contributed by atoms with van der Waals surface area (Å²) in [6, 6.07) is 0. The van der Waals surface area contributed by atoms with Gasteiger partial charge in [-0.25, -0.2) is 0 Å². The summed E-state index contributed by atoms with van der Waals surface area (Å²) < 4.78 is 4.91. The van der Waals surface area contributed by atoms with Gasteiger partial charge in [0.1, 0.15) is 0 Å².